The van der Waals surface area contributed by atoms with Gasteiger partial charge in [0, 0.05) is 36.0 Å². The maximum atomic E-state index is 12.3. The summed E-state index contributed by atoms with van der Waals surface area (Å²) in [7, 11) is 0. The number of allylic oxidation sites excluding steroid dienone is 1. The fourth-order valence-corrected chi connectivity index (χ4v) is 2.63. The summed E-state index contributed by atoms with van der Waals surface area (Å²) in [6, 6.07) is 6.92. The fourth-order valence-electron chi connectivity index (χ4n) is 2.63. The summed E-state index contributed by atoms with van der Waals surface area (Å²) in [5.41, 5.74) is 6.57. The number of hydrogen-bond donors (Lipinski definition) is 2. The Bertz CT molecular complexity index is 815. The number of amides is 2. The smallest absolute Gasteiger partial charge is 0.255 e. The predicted octanol–water partition coefficient (Wildman–Crippen LogP) is 1.72. The van der Waals surface area contributed by atoms with Gasteiger partial charge in [0.1, 0.15) is 0 Å². The number of carbonyl (C=O) groups is 2. The van der Waals surface area contributed by atoms with Gasteiger partial charge in [0.05, 0.1) is 5.41 Å². The van der Waals surface area contributed by atoms with Crippen molar-refractivity contribution in [2.24, 2.45) is 5.73 Å². The van der Waals surface area contributed by atoms with Crippen LogP contribution >= 0.6 is 0 Å². The molecular weight excluding hydrogens is 304 g/mol. The van der Waals surface area contributed by atoms with Crippen molar-refractivity contribution in [2.75, 3.05) is 5.32 Å². The van der Waals surface area contributed by atoms with Crippen LogP contribution in [0.3, 0.4) is 0 Å². The Kier molecular flexibility index (Phi) is 4.20. The molecular formula is C18H16N4O2. The summed E-state index contributed by atoms with van der Waals surface area (Å²) in [5.74, 6) is -0.708. The first-order chi connectivity index (χ1) is 11.6. The van der Waals surface area contributed by atoms with Gasteiger partial charge in [0.2, 0.25) is 5.91 Å². The molecule has 0 saturated carbocycles. The molecule has 0 saturated heterocycles. The van der Waals surface area contributed by atoms with Crippen molar-refractivity contribution in [2.45, 2.75) is 11.8 Å². The molecule has 6 heteroatoms. The van der Waals surface area contributed by atoms with Gasteiger partial charge < -0.3 is 11.1 Å². The van der Waals surface area contributed by atoms with Crippen molar-refractivity contribution in [3.63, 3.8) is 0 Å². The molecule has 2 aromatic rings. The zero-order chi connectivity index (χ0) is 17.0. The minimum Gasteiger partial charge on any atom is -0.369 e. The Hall–Kier alpha value is -3.28. The van der Waals surface area contributed by atoms with Crippen LogP contribution in [0.4, 0.5) is 5.69 Å². The van der Waals surface area contributed by atoms with Crippen molar-refractivity contribution >= 4 is 17.5 Å². The van der Waals surface area contributed by atoms with E-state index in [2.05, 4.69) is 15.3 Å². The van der Waals surface area contributed by atoms with Gasteiger partial charge in [0.15, 0.2) is 0 Å². The van der Waals surface area contributed by atoms with Gasteiger partial charge in [0.25, 0.3) is 5.91 Å². The van der Waals surface area contributed by atoms with Crippen molar-refractivity contribution in [1.29, 1.82) is 0 Å². The Morgan fingerprint density at radius 2 is 1.67 bits per heavy atom. The molecule has 1 aliphatic carbocycles. The van der Waals surface area contributed by atoms with E-state index < -0.39 is 11.3 Å². The molecule has 1 unspecified atom stereocenters. The zero-order valence-electron chi connectivity index (χ0n) is 12.8. The Balaban J connectivity index is 1.81. The topological polar surface area (TPSA) is 98.0 Å². The van der Waals surface area contributed by atoms with Crippen molar-refractivity contribution in [3.8, 4) is 0 Å². The maximum Gasteiger partial charge on any atom is 0.255 e. The minimum absolute atomic E-state index is 0.245. The van der Waals surface area contributed by atoms with Crippen LogP contribution in [0.2, 0.25) is 0 Å². The summed E-state index contributed by atoms with van der Waals surface area (Å²) in [5, 5.41) is 2.78. The number of rotatable bonds is 4. The molecule has 0 fully saturated rings. The van der Waals surface area contributed by atoms with E-state index in [1.165, 1.54) is 0 Å². The molecule has 6 nitrogen and oxygen atoms in total. The van der Waals surface area contributed by atoms with E-state index in [-0.39, 0.29) is 5.91 Å². The van der Waals surface area contributed by atoms with E-state index in [9.17, 15) is 9.59 Å². The van der Waals surface area contributed by atoms with Crippen molar-refractivity contribution in [3.05, 3.63) is 78.4 Å². The van der Waals surface area contributed by atoms with E-state index in [4.69, 9.17) is 5.73 Å². The third-order valence-electron chi connectivity index (χ3n) is 4.03. The summed E-state index contributed by atoms with van der Waals surface area (Å²) in [6.07, 6.45) is 11.8. The molecule has 2 heterocycles. The number of aromatic nitrogens is 2. The summed E-state index contributed by atoms with van der Waals surface area (Å²) in [4.78, 5) is 32.2. The maximum absolute atomic E-state index is 12.3. The van der Waals surface area contributed by atoms with Crippen LogP contribution in [0.15, 0.2) is 72.9 Å². The Morgan fingerprint density at radius 1 is 1.04 bits per heavy atom. The lowest BCUT2D eigenvalue weighted by Crippen LogP contribution is -2.40. The quantitative estimate of drug-likeness (QED) is 0.896. The largest absolute Gasteiger partial charge is 0.369 e. The van der Waals surface area contributed by atoms with Gasteiger partial charge in [-0.3, -0.25) is 19.6 Å². The van der Waals surface area contributed by atoms with Gasteiger partial charge in [-0.15, -0.1) is 0 Å². The molecule has 3 N–H and O–H groups in total. The Labute approximate surface area is 139 Å². The monoisotopic (exact) mass is 320 g/mol. The number of nitrogens with one attached hydrogen (secondary N) is 1. The van der Waals surface area contributed by atoms with Crippen LogP contribution in [-0.4, -0.2) is 21.8 Å². The second-order valence-corrected chi connectivity index (χ2v) is 5.46. The zero-order valence-corrected chi connectivity index (χ0v) is 12.8. The number of pyridine rings is 2. The molecule has 24 heavy (non-hydrogen) atoms. The highest BCUT2D eigenvalue weighted by Gasteiger charge is 2.37. The van der Waals surface area contributed by atoms with Crippen LogP contribution in [0.5, 0.6) is 0 Å². The number of carbonyl (C=O) groups excluding carboxylic acids is 2. The van der Waals surface area contributed by atoms with E-state index in [1.807, 2.05) is 0 Å². The third kappa shape index (κ3) is 2.94. The first-order valence-corrected chi connectivity index (χ1v) is 7.43. The molecule has 0 aromatic carbocycles. The molecule has 1 aliphatic rings. The van der Waals surface area contributed by atoms with Gasteiger partial charge in [-0.2, -0.15) is 0 Å². The lowest BCUT2D eigenvalue weighted by atomic mass is 9.74. The highest BCUT2D eigenvalue weighted by Crippen LogP contribution is 2.34. The fraction of sp³-hybridized carbons (Fsp3) is 0.111. The molecule has 0 bridgehead atoms. The number of hydrogen-bond acceptors (Lipinski definition) is 4. The SMILES string of the molecule is NC(=O)C1(c2ccncc2)C=CC(C(=O)Nc2ccncc2)=CC1. The molecule has 2 aromatic heterocycles. The lowest BCUT2D eigenvalue weighted by molar-refractivity contribution is -0.122. The van der Waals surface area contributed by atoms with Gasteiger partial charge in [-0.1, -0.05) is 18.2 Å². The van der Waals surface area contributed by atoms with Crippen LogP contribution < -0.4 is 11.1 Å². The molecule has 0 radical (unpaired) electrons. The summed E-state index contributed by atoms with van der Waals surface area (Å²) >= 11 is 0. The summed E-state index contributed by atoms with van der Waals surface area (Å²) < 4.78 is 0. The molecule has 0 spiro atoms. The highest BCUT2D eigenvalue weighted by atomic mass is 16.2. The summed E-state index contributed by atoms with van der Waals surface area (Å²) in [6.45, 7) is 0. The second kappa shape index (κ2) is 6.45. The van der Waals surface area contributed by atoms with E-state index in [1.54, 1.807) is 67.3 Å². The normalized spacial score (nSPS) is 19.4. The predicted molar refractivity (Wildman–Crippen MR) is 89.8 cm³/mol. The number of nitrogens with zero attached hydrogens (tertiary/aromatic N) is 2. The third-order valence-corrected chi connectivity index (χ3v) is 4.03. The van der Waals surface area contributed by atoms with Crippen molar-refractivity contribution < 1.29 is 9.59 Å². The van der Waals surface area contributed by atoms with Crippen molar-refractivity contribution in [1.82, 2.24) is 9.97 Å². The highest BCUT2D eigenvalue weighted by molar-refractivity contribution is 6.06. The molecule has 0 aliphatic heterocycles. The van der Waals surface area contributed by atoms with Crippen LogP contribution in [0, 0.1) is 0 Å². The van der Waals surface area contributed by atoms with Gasteiger partial charge in [-0.05, 0) is 36.2 Å². The first-order valence-electron chi connectivity index (χ1n) is 7.43. The average Bonchev–Trinajstić information content (AvgIpc) is 2.63. The Morgan fingerprint density at radius 3 is 2.21 bits per heavy atom. The standard InChI is InChI=1S/C18H16N4O2/c19-17(24)18(14-3-9-20-10-4-14)7-1-13(2-8-18)16(23)22-15-5-11-21-12-6-15/h1-7,9-12H,8H2,(H2,19,24)(H,21,22,23). The van der Waals surface area contributed by atoms with Crippen LogP contribution in [0.25, 0.3) is 0 Å². The van der Waals surface area contributed by atoms with Gasteiger partial charge in [-0.25, -0.2) is 0 Å². The number of anilines is 1. The number of nitrogens with two attached hydrogens (primary N) is 1. The van der Waals surface area contributed by atoms with Crippen LogP contribution in [-0.2, 0) is 15.0 Å². The molecule has 2 amide bonds. The first kappa shape index (κ1) is 15.6. The van der Waals surface area contributed by atoms with Crippen LogP contribution in [0.1, 0.15) is 12.0 Å². The van der Waals surface area contributed by atoms with E-state index in [0.717, 1.165) is 5.56 Å². The average molecular weight is 320 g/mol. The van der Waals surface area contributed by atoms with Gasteiger partial charge >= 0.3 is 0 Å². The second-order valence-electron chi connectivity index (χ2n) is 5.46. The minimum atomic E-state index is -0.955. The lowest BCUT2D eigenvalue weighted by Gasteiger charge is -2.29. The van der Waals surface area contributed by atoms with E-state index >= 15 is 0 Å². The van der Waals surface area contributed by atoms with E-state index in [0.29, 0.717) is 17.7 Å². The number of primary amides is 1. The molecule has 1 atom stereocenters. The molecule has 3 rings (SSSR count). The molecule has 120 valence electrons.